The van der Waals surface area contributed by atoms with Gasteiger partial charge in [-0.25, -0.2) is 0 Å². The molecule has 0 saturated heterocycles. The van der Waals surface area contributed by atoms with Crippen LogP contribution in [0.25, 0.3) is 0 Å². The van der Waals surface area contributed by atoms with Gasteiger partial charge in [0, 0.05) is 1.37 Å². The summed E-state index contributed by atoms with van der Waals surface area (Å²) >= 11 is 0. The average molecular weight is 118 g/mol. The van der Waals surface area contributed by atoms with E-state index >= 15 is 0 Å². The first-order valence-corrected chi connectivity index (χ1v) is 2.71. The van der Waals surface area contributed by atoms with Crippen molar-refractivity contribution in [2.45, 2.75) is 6.40 Å². The lowest BCUT2D eigenvalue weighted by Crippen LogP contribution is -1.76. The molecule has 0 aromatic heterocycles. The summed E-state index contributed by atoms with van der Waals surface area (Å²) in [6.45, 7) is 0. The van der Waals surface area contributed by atoms with Gasteiger partial charge in [-0.2, -0.15) is 5.26 Å². The van der Waals surface area contributed by atoms with Crippen molar-refractivity contribution in [1.29, 1.82) is 5.26 Å². The summed E-state index contributed by atoms with van der Waals surface area (Å²) in [4.78, 5) is 0. The van der Waals surface area contributed by atoms with Crippen LogP contribution in [0.2, 0.25) is 0 Å². The van der Waals surface area contributed by atoms with Gasteiger partial charge < -0.3 is 0 Å². The molecule has 0 aliphatic rings. The third kappa shape index (κ3) is 1.58. The van der Waals surface area contributed by atoms with Gasteiger partial charge in [-0.05, 0) is 5.56 Å². The van der Waals surface area contributed by atoms with Gasteiger partial charge in [-0.3, -0.25) is 0 Å². The summed E-state index contributed by atoms with van der Waals surface area (Å²) in [5.41, 5.74) is 0.755. The fraction of sp³-hybridized carbons (Fsp3) is 0.125. The van der Waals surface area contributed by atoms with E-state index in [-0.39, 0.29) is 0 Å². The van der Waals surface area contributed by atoms with Gasteiger partial charge in [0.05, 0.1) is 12.5 Å². The minimum Gasteiger partial charge on any atom is -0.198 e. The Labute approximate surface area is 56.0 Å². The lowest BCUT2D eigenvalue weighted by molar-refractivity contribution is 1.26. The van der Waals surface area contributed by atoms with Crippen molar-refractivity contribution in [2.75, 3.05) is 0 Å². The highest BCUT2D eigenvalue weighted by Gasteiger charge is 1.84. The smallest absolute Gasteiger partial charge is 0.0669 e. The number of nitriles is 1. The van der Waals surface area contributed by atoms with Gasteiger partial charge in [0.2, 0.25) is 0 Å². The average Bonchev–Trinajstić information content (AvgIpc) is 2.05. The molecule has 0 spiro atoms. The fourth-order valence-electron chi connectivity index (χ4n) is 0.624. The molecule has 44 valence electrons. The SMILES string of the molecule is [2H]C(C#N)c1ccccc1. The first-order chi connectivity index (χ1) is 4.84. The van der Waals surface area contributed by atoms with Crippen molar-refractivity contribution >= 4 is 0 Å². The topological polar surface area (TPSA) is 23.8 Å². The Morgan fingerprint density at radius 3 is 2.67 bits per heavy atom. The molecule has 0 aliphatic carbocycles. The predicted molar refractivity (Wildman–Crippen MR) is 35.8 cm³/mol. The van der Waals surface area contributed by atoms with Gasteiger partial charge in [-0.15, -0.1) is 0 Å². The summed E-state index contributed by atoms with van der Waals surface area (Å²) in [5.74, 6) is 0. The maximum Gasteiger partial charge on any atom is 0.0669 e. The van der Waals surface area contributed by atoms with Crippen LogP contribution in [0, 0.1) is 11.3 Å². The Morgan fingerprint density at radius 2 is 2.11 bits per heavy atom. The normalized spacial score (nSPS) is 13.4. The van der Waals surface area contributed by atoms with E-state index in [2.05, 4.69) is 0 Å². The van der Waals surface area contributed by atoms with E-state index in [9.17, 15) is 0 Å². The van der Waals surface area contributed by atoms with E-state index in [4.69, 9.17) is 6.63 Å². The van der Waals surface area contributed by atoms with Crippen LogP contribution in [0.4, 0.5) is 0 Å². The molecule has 1 heteroatoms. The molecular formula is C8H7N. The third-order valence-corrected chi connectivity index (χ3v) is 1.03. The van der Waals surface area contributed by atoms with Crippen molar-refractivity contribution in [1.82, 2.24) is 0 Å². The number of benzene rings is 1. The largest absolute Gasteiger partial charge is 0.198 e. The molecule has 0 heterocycles. The molecule has 1 unspecified atom stereocenters. The molecule has 0 amide bonds. The Bertz CT molecular complexity index is 237. The first kappa shape index (κ1) is 4.58. The number of hydrogen-bond acceptors (Lipinski definition) is 1. The zero-order valence-corrected chi connectivity index (χ0v) is 4.91. The minimum atomic E-state index is -0.735. The molecule has 0 N–H and O–H groups in total. The van der Waals surface area contributed by atoms with Crippen LogP contribution in [0.1, 0.15) is 6.93 Å². The molecular weight excluding hydrogens is 110 g/mol. The van der Waals surface area contributed by atoms with Crippen LogP contribution < -0.4 is 0 Å². The maximum atomic E-state index is 8.35. The molecule has 0 aliphatic heterocycles. The third-order valence-electron chi connectivity index (χ3n) is 1.03. The first-order valence-electron chi connectivity index (χ1n) is 3.29. The lowest BCUT2D eigenvalue weighted by Gasteiger charge is -1.88. The van der Waals surface area contributed by atoms with E-state index in [1.165, 1.54) is 0 Å². The molecule has 0 fully saturated rings. The van der Waals surface area contributed by atoms with Crippen molar-refractivity contribution in [3.05, 3.63) is 35.9 Å². The van der Waals surface area contributed by atoms with Crippen LogP contribution in [0.15, 0.2) is 30.3 Å². The van der Waals surface area contributed by atoms with Crippen LogP contribution >= 0.6 is 0 Å². The summed E-state index contributed by atoms with van der Waals surface area (Å²) in [6.07, 6.45) is -0.735. The van der Waals surface area contributed by atoms with Gasteiger partial charge in [0.25, 0.3) is 0 Å². The Kier molecular flexibility index (Phi) is 1.47. The maximum absolute atomic E-state index is 8.35. The number of hydrogen-bond donors (Lipinski definition) is 0. The summed E-state index contributed by atoms with van der Waals surface area (Å²) in [7, 11) is 0. The quantitative estimate of drug-likeness (QED) is 0.551. The van der Waals surface area contributed by atoms with Crippen LogP contribution in [0.5, 0.6) is 0 Å². The van der Waals surface area contributed by atoms with E-state index < -0.39 is 6.40 Å². The molecule has 0 bridgehead atoms. The predicted octanol–water partition coefficient (Wildman–Crippen LogP) is 1.75. The highest BCUT2D eigenvalue weighted by atomic mass is 14.2. The van der Waals surface area contributed by atoms with Gasteiger partial charge in [0.15, 0.2) is 0 Å². The number of nitrogens with zero attached hydrogens (tertiary/aromatic N) is 1. The molecule has 1 aromatic rings. The molecule has 1 atom stereocenters. The lowest BCUT2D eigenvalue weighted by atomic mass is 10.2. The Balaban J connectivity index is 2.88. The summed E-state index contributed by atoms with van der Waals surface area (Å²) < 4.78 is 7.20. The van der Waals surface area contributed by atoms with Crippen LogP contribution in [-0.2, 0) is 6.40 Å². The Hall–Kier alpha value is -1.29. The van der Waals surface area contributed by atoms with E-state index in [0.29, 0.717) is 0 Å². The highest BCUT2D eigenvalue weighted by Crippen LogP contribution is 1.96. The summed E-state index contributed by atoms with van der Waals surface area (Å²) in [5, 5.41) is 8.35. The van der Waals surface area contributed by atoms with Crippen molar-refractivity contribution < 1.29 is 1.37 Å². The molecule has 1 rings (SSSR count). The molecule has 0 saturated carbocycles. The molecule has 9 heavy (non-hydrogen) atoms. The monoisotopic (exact) mass is 118 g/mol. The second-order valence-corrected chi connectivity index (χ2v) is 1.68. The summed E-state index contributed by atoms with van der Waals surface area (Å²) in [6, 6.07) is 10.9. The second-order valence-electron chi connectivity index (χ2n) is 1.68. The molecule has 0 radical (unpaired) electrons. The molecule has 1 aromatic carbocycles. The van der Waals surface area contributed by atoms with Gasteiger partial charge >= 0.3 is 0 Å². The van der Waals surface area contributed by atoms with Crippen molar-refractivity contribution in [2.24, 2.45) is 0 Å². The van der Waals surface area contributed by atoms with Crippen LogP contribution in [0.3, 0.4) is 0 Å². The second kappa shape index (κ2) is 2.88. The Morgan fingerprint density at radius 1 is 1.44 bits per heavy atom. The van der Waals surface area contributed by atoms with Crippen molar-refractivity contribution in [3.8, 4) is 6.07 Å². The fourth-order valence-corrected chi connectivity index (χ4v) is 0.624. The van der Waals surface area contributed by atoms with E-state index in [0.717, 1.165) is 5.56 Å². The zero-order valence-electron chi connectivity index (χ0n) is 5.91. The molecule has 1 nitrogen and oxygen atoms in total. The van der Waals surface area contributed by atoms with E-state index in [1.54, 1.807) is 12.1 Å². The standard InChI is InChI=1S/C8H7N/c9-7-6-8-4-2-1-3-5-8/h1-5H,6H2/i6D. The minimum absolute atomic E-state index is 0.735. The number of rotatable bonds is 1. The van der Waals surface area contributed by atoms with Crippen molar-refractivity contribution in [3.63, 3.8) is 0 Å². The van der Waals surface area contributed by atoms with Crippen LogP contribution in [-0.4, -0.2) is 0 Å². The van der Waals surface area contributed by atoms with Gasteiger partial charge in [0.1, 0.15) is 0 Å². The van der Waals surface area contributed by atoms with Gasteiger partial charge in [-0.1, -0.05) is 30.3 Å². The van der Waals surface area contributed by atoms with E-state index in [1.807, 2.05) is 24.3 Å². The highest BCUT2D eigenvalue weighted by molar-refractivity contribution is 5.17. The zero-order chi connectivity index (χ0) is 7.40.